The molecule has 1 amide bonds. The average Bonchev–Trinajstić information content (AvgIpc) is 2.41. The number of aromatic amines is 1. The molecule has 6 heteroatoms. The molecule has 0 saturated heterocycles. The summed E-state index contributed by atoms with van der Waals surface area (Å²) in [5.74, 6) is -0.313. The Balaban J connectivity index is 1.85. The van der Waals surface area contributed by atoms with Gasteiger partial charge in [-0.05, 0) is 24.1 Å². The number of amides is 1. The molecular weight excluding hydrogens is 244 g/mol. The number of anilines is 1. The second kappa shape index (κ2) is 5.81. The van der Waals surface area contributed by atoms with E-state index in [-0.39, 0.29) is 17.2 Å². The lowest BCUT2D eigenvalue weighted by Crippen LogP contribution is -2.27. The van der Waals surface area contributed by atoms with Crippen molar-refractivity contribution in [1.29, 1.82) is 0 Å². The molecule has 2 aromatic rings. The maximum Gasteiger partial charge on any atom is 0.271 e. The number of rotatable bonds is 4. The van der Waals surface area contributed by atoms with Crippen molar-refractivity contribution in [1.82, 2.24) is 15.3 Å². The Morgan fingerprint density at radius 2 is 2.05 bits per heavy atom. The predicted octanol–water partition coefficient (Wildman–Crippen LogP) is 0.325. The fraction of sp³-hybridized carbons (Fsp3) is 0.154. The minimum absolute atomic E-state index is 0.192. The number of nitrogens with one attached hydrogen (secondary N) is 2. The van der Waals surface area contributed by atoms with Crippen LogP contribution in [0.25, 0.3) is 0 Å². The second-order valence-corrected chi connectivity index (χ2v) is 4.04. The van der Waals surface area contributed by atoms with Gasteiger partial charge in [0.25, 0.3) is 11.5 Å². The second-order valence-electron chi connectivity index (χ2n) is 4.04. The maximum atomic E-state index is 11.7. The number of nitrogens with zero attached hydrogens (tertiary/aromatic N) is 1. The number of carbonyl (C=O) groups is 1. The Morgan fingerprint density at radius 1 is 1.32 bits per heavy atom. The smallest absolute Gasteiger partial charge is 0.271 e. The van der Waals surface area contributed by atoms with Crippen LogP contribution in [0.5, 0.6) is 0 Å². The zero-order valence-electron chi connectivity index (χ0n) is 10.2. The number of nitrogens with two attached hydrogens (primary N) is 1. The highest BCUT2D eigenvalue weighted by Crippen LogP contribution is 2.05. The van der Waals surface area contributed by atoms with Gasteiger partial charge in [0.1, 0.15) is 5.69 Å². The standard InChI is InChI=1S/C13H14N4O2/c14-10-3-1-9(2-4-10)5-6-15-13(19)11-7-17-12(18)8-16-11/h1-4,7-8H,5-6,14H2,(H,15,19)(H,17,18). The molecule has 0 saturated carbocycles. The van der Waals surface area contributed by atoms with Crippen LogP contribution in [0.15, 0.2) is 41.5 Å². The van der Waals surface area contributed by atoms with E-state index in [0.717, 1.165) is 11.8 Å². The van der Waals surface area contributed by atoms with Gasteiger partial charge in [0, 0.05) is 18.4 Å². The summed E-state index contributed by atoms with van der Waals surface area (Å²) >= 11 is 0. The number of benzene rings is 1. The minimum atomic E-state index is -0.335. The summed E-state index contributed by atoms with van der Waals surface area (Å²) in [5, 5.41) is 2.73. The number of hydrogen-bond acceptors (Lipinski definition) is 4. The van der Waals surface area contributed by atoms with E-state index < -0.39 is 0 Å². The van der Waals surface area contributed by atoms with Crippen molar-refractivity contribution >= 4 is 11.6 Å². The van der Waals surface area contributed by atoms with Gasteiger partial charge in [-0.1, -0.05) is 12.1 Å². The fourth-order valence-electron chi connectivity index (χ4n) is 1.56. The molecule has 0 bridgehead atoms. The lowest BCUT2D eigenvalue weighted by molar-refractivity contribution is 0.0948. The number of carbonyl (C=O) groups excluding carboxylic acids is 1. The van der Waals surface area contributed by atoms with E-state index in [1.54, 1.807) is 0 Å². The molecule has 0 atom stereocenters. The van der Waals surface area contributed by atoms with Gasteiger partial charge in [0.2, 0.25) is 0 Å². The maximum absolute atomic E-state index is 11.7. The van der Waals surface area contributed by atoms with Crippen LogP contribution in [0.3, 0.4) is 0 Å². The molecule has 1 aromatic carbocycles. The van der Waals surface area contributed by atoms with Crippen LogP contribution < -0.4 is 16.6 Å². The third kappa shape index (κ3) is 3.67. The quantitative estimate of drug-likeness (QED) is 0.688. The zero-order chi connectivity index (χ0) is 13.7. The van der Waals surface area contributed by atoms with Crippen molar-refractivity contribution in [3.63, 3.8) is 0 Å². The van der Waals surface area contributed by atoms with Gasteiger partial charge in [-0.3, -0.25) is 9.59 Å². The molecule has 4 N–H and O–H groups in total. The van der Waals surface area contributed by atoms with E-state index in [9.17, 15) is 9.59 Å². The molecule has 2 rings (SSSR count). The summed E-state index contributed by atoms with van der Waals surface area (Å²) in [6.07, 6.45) is 3.07. The first kappa shape index (κ1) is 12.8. The van der Waals surface area contributed by atoms with E-state index in [1.165, 1.54) is 6.20 Å². The topological polar surface area (TPSA) is 101 Å². The van der Waals surface area contributed by atoms with Crippen molar-refractivity contribution in [2.75, 3.05) is 12.3 Å². The van der Waals surface area contributed by atoms with Gasteiger partial charge in [-0.15, -0.1) is 0 Å². The SMILES string of the molecule is Nc1ccc(CCNC(=O)c2c[nH]c(=O)cn2)cc1. The van der Waals surface area contributed by atoms with Crippen molar-refractivity contribution in [2.45, 2.75) is 6.42 Å². The fourth-order valence-corrected chi connectivity index (χ4v) is 1.56. The minimum Gasteiger partial charge on any atom is -0.399 e. The van der Waals surface area contributed by atoms with Crippen molar-refractivity contribution in [3.8, 4) is 0 Å². The van der Waals surface area contributed by atoms with Crippen LogP contribution in [-0.2, 0) is 6.42 Å². The van der Waals surface area contributed by atoms with Crippen LogP contribution in [0, 0.1) is 0 Å². The van der Waals surface area contributed by atoms with Gasteiger partial charge in [-0.2, -0.15) is 0 Å². The first-order valence-electron chi connectivity index (χ1n) is 5.82. The third-order valence-corrected chi connectivity index (χ3v) is 2.58. The van der Waals surface area contributed by atoms with Gasteiger partial charge >= 0.3 is 0 Å². The molecular formula is C13H14N4O2. The lowest BCUT2D eigenvalue weighted by atomic mass is 10.1. The number of hydrogen-bond donors (Lipinski definition) is 3. The first-order chi connectivity index (χ1) is 9.15. The zero-order valence-corrected chi connectivity index (χ0v) is 10.2. The summed E-state index contributed by atoms with van der Waals surface area (Å²) in [6.45, 7) is 0.490. The molecule has 98 valence electrons. The summed E-state index contributed by atoms with van der Waals surface area (Å²) in [4.78, 5) is 28.6. The van der Waals surface area contributed by atoms with Crippen molar-refractivity contribution in [2.24, 2.45) is 0 Å². The van der Waals surface area contributed by atoms with Gasteiger partial charge < -0.3 is 16.0 Å². The highest BCUT2D eigenvalue weighted by molar-refractivity contribution is 5.91. The van der Waals surface area contributed by atoms with E-state index in [0.29, 0.717) is 18.7 Å². The van der Waals surface area contributed by atoms with Crippen LogP contribution in [0.1, 0.15) is 16.1 Å². The van der Waals surface area contributed by atoms with Gasteiger partial charge in [0.05, 0.1) is 6.20 Å². The number of aromatic nitrogens is 2. The average molecular weight is 258 g/mol. The molecule has 19 heavy (non-hydrogen) atoms. The molecule has 0 radical (unpaired) electrons. The van der Waals surface area contributed by atoms with Gasteiger partial charge in [-0.25, -0.2) is 4.98 Å². The predicted molar refractivity (Wildman–Crippen MR) is 71.7 cm³/mol. The van der Waals surface area contributed by atoms with E-state index in [2.05, 4.69) is 15.3 Å². The summed E-state index contributed by atoms with van der Waals surface area (Å²) in [6, 6.07) is 7.47. The van der Waals surface area contributed by atoms with Crippen molar-refractivity contribution < 1.29 is 4.79 Å². The first-order valence-corrected chi connectivity index (χ1v) is 5.82. The Hall–Kier alpha value is -2.63. The Morgan fingerprint density at radius 3 is 2.68 bits per heavy atom. The van der Waals surface area contributed by atoms with Gasteiger partial charge in [0.15, 0.2) is 0 Å². The lowest BCUT2D eigenvalue weighted by Gasteiger charge is -2.04. The van der Waals surface area contributed by atoms with Crippen LogP contribution >= 0.6 is 0 Å². The molecule has 6 nitrogen and oxygen atoms in total. The largest absolute Gasteiger partial charge is 0.399 e. The van der Waals surface area contributed by atoms with Crippen molar-refractivity contribution in [3.05, 3.63) is 58.3 Å². The molecule has 0 spiro atoms. The van der Waals surface area contributed by atoms with E-state index in [4.69, 9.17) is 5.73 Å². The Labute approximate surface area is 109 Å². The van der Waals surface area contributed by atoms with E-state index >= 15 is 0 Å². The molecule has 1 heterocycles. The van der Waals surface area contributed by atoms with E-state index in [1.807, 2.05) is 24.3 Å². The molecule has 0 fully saturated rings. The molecule has 0 aliphatic rings. The normalized spacial score (nSPS) is 10.1. The number of nitrogen functional groups attached to an aromatic ring is 1. The number of H-pyrrole nitrogens is 1. The van der Waals surface area contributed by atoms with Crippen LogP contribution in [-0.4, -0.2) is 22.4 Å². The summed E-state index contributed by atoms with van der Waals surface area (Å²) < 4.78 is 0. The third-order valence-electron chi connectivity index (χ3n) is 2.58. The van der Waals surface area contributed by atoms with Crippen LogP contribution in [0.4, 0.5) is 5.69 Å². The summed E-state index contributed by atoms with van der Waals surface area (Å²) in [5.41, 5.74) is 7.24. The van der Waals surface area contributed by atoms with Crippen LogP contribution in [0.2, 0.25) is 0 Å². The Kier molecular flexibility index (Phi) is 3.92. The Bertz CT molecular complexity index is 599. The monoisotopic (exact) mass is 258 g/mol. The molecule has 1 aromatic heterocycles. The highest BCUT2D eigenvalue weighted by Gasteiger charge is 2.05. The summed E-state index contributed by atoms with van der Waals surface area (Å²) in [7, 11) is 0. The molecule has 0 aliphatic heterocycles. The highest BCUT2D eigenvalue weighted by atomic mass is 16.2. The molecule has 0 aliphatic carbocycles. The molecule has 0 unspecified atom stereocenters.